The highest BCUT2D eigenvalue weighted by atomic mass is 32.2. The number of carbonyl (C=O) groups is 3. The van der Waals surface area contributed by atoms with Gasteiger partial charge in [0.1, 0.15) is 0 Å². The van der Waals surface area contributed by atoms with E-state index in [0.717, 1.165) is 10.6 Å². The van der Waals surface area contributed by atoms with Gasteiger partial charge < -0.3 is 10.1 Å². The summed E-state index contributed by atoms with van der Waals surface area (Å²) in [5, 5.41) is 2.20. The minimum atomic E-state index is -1.06. The smallest absolute Gasteiger partial charge is 0.308 e. The van der Waals surface area contributed by atoms with Crippen LogP contribution in [0.15, 0.2) is 89.8 Å². The molecule has 0 saturated carbocycles. The fourth-order valence-corrected chi connectivity index (χ4v) is 4.31. The van der Waals surface area contributed by atoms with Crippen LogP contribution in [0.4, 0.5) is 5.69 Å². The molecule has 30 heavy (non-hydrogen) atoms. The quantitative estimate of drug-likeness (QED) is 0.467. The highest BCUT2D eigenvalue weighted by Crippen LogP contribution is 2.37. The number of hydrogen-bond donors (Lipinski definition) is 1. The number of amides is 1. The Kier molecular flexibility index (Phi) is 5.95. The molecule has 1 aliphatic heterocycles. The first kappa shape index (κ1) is 19.9. The number of rotatable bonds is 6. The van der Waals surface area contributed by atoms with Crippen molar-refractivity contribution < 1.29 is 19.1 Å². The number of esters is 1. The van der Waals surface area contributed by atoms with Gasteiger partial charge in [0.05, 0.1) is 17.4 Å². The second-order valence-electron chi connectivity index (χ2n) is 6.81. The van der Waals surface area contributed by atoms with Crippen molar-refractivity contribution in [1.82, 2.24) is 0 Å². The molecule has 0 aromatic heterocycles. The van der Waals surface area contributed by atoms with Gasteiger partial charge in [0.2, 0.25) is 11.7 Å². The van der Waals surface area contributed by atoms with E-state index in [2.05, 4.69) is 5.32 Å². The van der Waals surface area contributed by atoms with Gasteiger partial charge in [0.15, 0.2) is 6.10 Å². The molecule has 1 heterocycles. The molecule has 0 bridgehead atoms. The third-order valence-corrected chi connectivity index (χ3v) is 5.98. The van der Waals surface area contributed by atoms with Crippen molar-refractivity contribution in [3.05, 3.63) is 96.1 Å². The summed E-state index contributed by atoms with van der Waals surface area (Å²) in [6.07, 6.45) is -1.19. The molecule has 1 N–H and O–H groups in total. The molecule has 150 valence electrons. The van der Waals surface area contributed by atoms with Gasteiger partial charge in [-0.05, 0) is 12.1 Å². The van der Waals surface area contributed by atoms with Crippen LogP contribution in [0.2, 0.25) is 0 Å². The van der Waals surface area contributed by atoms with Crippen LogP contribution in [0.3, 0.4) is 0 Å². The fraction of sp³-hybridized carbons (Fsp3) is 0.125. The summed E-state index contributed by atoms with van der Waals surface area (Å²) in [5.74, 6) is -1.15. The van der Waals surface area contributed by atoms with E-state index in [4.69, 9.17) is 4.74 Å². The number of ether oxygens (including phenoxy) is 1. The van der Waals surface area contributed by atoms with Crippen molar-refractivity contribution in [2.45, 2.75) is 22.7 Å². The largest absolute Gasteiger partial charge is 0.449 e. The topological polar surface area (TPSA) is 72.5 Å². The maximum absolute atomic E-state index is 13.0. The molecule has 5 nitrogen and oxygen atoms in total. The van der Waals surface area contributed by atoms with Crippen molar-refractivity contribution >= 4 is 35.1 Å². The Labute approximate surface area is 178 Å². The van der Waals surface area contributed by atoms with Crippen LogP contribution in [-0.2, 0) is 14.3 Å². The summed E-state index contributed by atoms with van der Waals surface area (Å²) in [6.45, 7) is 0. The van der Waals surface area contributed by atoms with E-state index in [0.29, 0.717) is 11.1 Å². The number of ketones is 1. The highest BCUT2D eigenvalue weighted by molar-refractivity contribution is 8.01. The van der Waals surface area contributed by atoms with Gasteiger partial charge in [-0.3, -0.25) is 14.4 Å². The zero-order valence-electron chi connectivity index (χ0n) is 16.0. The zero-order chi connectivity index (χ0) is 20.9. The van der Waals surface area contributed by atoms with Gasteiger partial charge in [-0.1, -0.05) is 72.8 Å². The molecule has 4 rings (SSSR count). The average Bonchev–Trinajstić information content (AvgIpc) is 2.79. The molecule has 1 aliphatic rings. The lowest BCUT2D eigenvalue weighted by Crippen LogP contribution is -2.32. The van der Waals surface area contributed by atoms with Crippen molar-refractivity contribution in [3.63, 3.8) is 0 Å². The van der Waals surface area contributed by atoms with E-state index in [1.807, 2.05) is 36.4 Å². The van der Waals surface area contributed by atoms with Crippen LogP contribution in [0.5, 0.6) is 0 Å². The zero-order valence-corrected chi connectivity index (χ0v) is 16.8. The maximum Gasteiger partial charge on any atom is 0.308 e. The monoisotopic (exact) mass is 417 g/mol. The van der Waals surface area contributed by atoms with Crippen molar-refractivity contribution in [2.75, 3.05) is 5.32 Å². The fourth-order valence-electron chi connectivity index (χ4n) is 3.21. The summed E-state index contributed by atoms with van der Waals surface area (Å²) in [4.78, 5) is 39.1. The number of para-hydroxylation sites is 1. The van der Waals surface area contributed by atoms with E-state index in [9.17, 15) is 14.4 Å². The second-order valence-corrected chi connectivity index (χ2v) is 8.05. The summed E-state index contributed by atoms with van der Waals surface area (Å²) in [7, 11) is 0. The van der Waals surface area contributed by atoms with Gasteiger partial charge >= 0.3 is 5.97 Å². The molecule has 0 saturated heterocycles. The molecule has 3 aromatic carbocycles. The summed E-state index contributed by atoms with van der Waals surface area (Å²) in [6, 6.07) is 25.0. The van der Waals surface area contributed by atoms with E-state index >= 15 is 0 Å². The van der Waals surface area contributed by atoms with Crippen LogP contribution in [0.25, 0.3) is 0 Å². The molecule has 0 fully saturated rings. The van der Waals surface area contributed by atoms with Crippen LogP contribution < -0.4 is 5.32 Å². The molecule has 0 spiro atoms. The molecule has 0 aliphatic carbocycles. The molecule has 0 radical (unpaired) electrons. The summed E-state index contributed by atoms with van der Waals surface area (Å²) >= 11 is 1.32. The molecule has 6 heteroatoms. The Morgan fingerprint density at radius 2 is 1.53 bits per heavy atom. The van der Waals surface area contributed by atoms with Crippen LogP contribution >= 0.6 is 11.8 Å². The molecular formula is C24H19NO4S. The highest BCUT2D eigenvalue weighted by Gasteiger charge is 2.32. The number of Topliss-reactive ketones (excluding diaryl/α,β-unsaturated/α-hetero) is 1. The normalized spacial score (nSPS) is 16.1. The third kappa shape index (κ3) is 4.44. The van der Waals surface area contributed by atoms with Crippen LogP contribution in [0, 0.1) is 0 Å². The number of anilines is 1. The SMILES string of the molecule is O=C(C[C@@H]1Sc2ccccc2NC1=O)O[C@@H](C(=O)c1ccccc1)c1ccccc1. The van der Waals surface area contributed by atoms with E-state index < -0.39 is 17.3 Å². The number of hydrogen-bond acceptors (Lipinski definition) is 5. The van der Waals surface area contributed by atoms with Gasteiger partial charge in [-0.25, -0.2) is 0 Å². The average molecular weight is 417 g/mol. The lowest BCUT2D eigenvalue weighted by molar-refractivity contribution is -0.148. The number of benzene rings is 3. The Hall–Kier alpha value is -3.38. The number of carbonyl (C=O) groups excluding carboxylic acids is 3. The third-order valence-electron chi connectivity index (χ3n) is 4.71. The predicted molar refractivity (Wildman–Crippen MR) is 115 cm³/mol. The molecule has 1 amide bonds. The van der Waals surface area contributed by atoms with E-state index in [1.165, 1.54) is 11.8 Å². The molecule has 2 atom stereocenters. The lowest BCUT2D eigenvalue weighted by Gasteiger charge is -2.24. The maximum atomic E-state index is 13.0. The van der Waals surface area contributed by atoms with Crippen LogP contribution in [-0.4, -0.2) is 22.9 Å². The minimum Gasteiger partial charge on any atom is -0.449 e. The van der Waals surface area contributed by atoms with Gasteiger partial charge in [-0.2, -0.15) is 0 Å². The number of nitrogens with one attached hydrogen (secondary N) is 1. The van der Waals surface area contributed by atoms with Gasteiger partial charge in [0.25, 0.3) is 0 Å². The first-order valence-corrected chi connectivity index (χ1v) is 10.4. The van der Waals surface area contributed by atoms with Gasteiger partial charge in [-0.15, -0.1) is 11.8 Å². The Bertz CT molecular complexity index is 1070. The van der Waals surface area contributed by atoms with Crippen molar-refractivity contribution in [3.8, 4) is 0 Å². The number of fused-ring (bicyclic) bond motifs is 1. The van der Waals surface area contributed by atoms with Gasteiger partial charge in [0, 0.05) is 16.0 Å². The molecule has 3 aromatic rings. The first-order chi connectivity index (χ1) is 14.6. The Morgan fingerprint density at radius 3 is 2.27 bits per heavy atom. The Balaban J connectivity index is 1.51. The lowest BCUT2D eigenvalue weighted by atomic mass is 10.00. The van der Waals surface area contributed by atoms with E-state index in [1.54, 1.807) is 48.5 Å². The standard InChI is InChI=1S/C24H19NO4S/c26-21(15-20-24(28)25-18-13-7-8-14-19(18)30-20)29-23(17-11-5-2-6-12-17)22(27)16-9-3-1-4-10-16/h1-14,20,23H,15H2,(H,25,28)/t20-,23+/m0/s1. The van der Waals surface area contributed by atoms with Crippen LogP contribution in [0.1, 0.15) is 28.4 Å². The summed E-state index contributed by atoms with van der Waals surface area (Å²) in [5.41, 5.74) is 1.78. The van der Waals surface area contributed by atoms with Crippen molar-refractivity contribution in [1.29, 1.82) is 0 Å². The minimum absolute atomic E-state index is 0.129. The molecule has 0 unspecified atom stereocenters. The number of thioether (sulfide) groups is 1. The van der Waals surface area contributed by atoms with E-state index in [-0.39, 0.29) is 18.1 Å². The first-order valence-electron chi connectivity index (χ1n) is 9.52. The summed E-state index contributed by atoms with van der Waals surface area (Å²) < 4.78 is 5.61. The van der Waals surface area contributed by atoms with Crippen molar-refractivity contribution in [2.24, 2.45) is 0 Å². The second kappa shape index (κ2) is 8.97. The predicted octanol–water partition coefficient (Wildman–Crippen LogP) is 4.66. The Morgan fingerprint density at radius 1 is 0.900 bits per heavy atom. The molecular weight excluding hydrogens is 398 g/mol.